The monoisotopic (exact) mass is 280 g/mol. The molecule has 4 rings (SSSR count). The summed E-state index contributed by atoms with van der Waals surface area (Å²) < 4.78 is 2.10. The maximum atomic E-state index is 4.56. The van der Waals surface area contributed by atoms with Gasteiger partial charge < -0.3 is 4.98 Å². The minimum Gasteiger partial charge on any atom is -0.346 e. The van der Waals surface area contributed by atoms with E-state index in [9.17, 15) is 0 Å². The third-order valence-corrected chi connectivity index (χ3v) is 4.42. The van der Waals surface area contributed by atoms with Gasteiger partial charge in [0.25, 0.3) is 0 Å². The number of fused-ring (bicyclic) bond motifs is 1. The summed E-state index contributed by atoms with van der Waals surface area (Å²) in [5, 5.41) is 5.60. The molecule has 1 radical (unpaired) electrons. The molecule has 0 amide bonds. The molecule has 1 fully saturated rings. The van der Waals surface area contributed by atoms with Crippen molar-refractivity contribution >= 4 is 11.0 Å². The minimum atomic E-state index is 0.500. The third-order valence-electron chi connectivity index (χ3n) is 4.42. The molecule has 3 aromatic rings. The average Bonchev–Trinajstić information content (AvgIpc) is 3.16. The molecule has 1 N–H and O–H groups in total. The molecule has 3 aromatic heterocycles. The Morgan fingerprint density at radius 3 is 2.90 bits per heavy atom. The first kappa shape index (κ1) is 12.6. The first-order valence-electron chi connectivity index (χ1n) is 7.47. The molecule has 5 heteroatoms. The van der Waals surface area contributed by atoms with Crippen molar-refractivity contribution in [2.24, 2.45) is 5.92 Å². The fraction of sp³-hybridized carbons (Fsp3) is 0.375. The lowest BCUT2D eigenvalue weighted by atomic mass is 9.87. The first-order valence-corrected chi connectivity index (χ1v) is 7.47. The van der Waals surface area contributed by atoms with Crippen molar-refractivity contribution < 1.29 is 0 Å². The number of nitrogens with one attached hydrogen (secondary N) is 1. The Bertz CT molecular complexity index is 749. The van der Waals surface area contributed by atoms with Crippen molar-refractivity contribution in [2.75, 3.05) is 0 Å². The van der Waals surface area contributed by atoms with E-state index in [-0.39, 0.29) is 0 Å². The molecule has 3 heterocycles. The zero-order valence-corrected chi connectivity index (χ0v) is 11.9. The van der Waals surface area contributed by atoms with E-state index < -0.39 is 0 Å². The summed E-state index contributed by atoms with van der Waals surface area (Å²) in [6.45, 7) is 4.16. The van der Waals surface area contributed by atoms with Crippen molar-refractivity contribution in [3.05, 3.63) is 37.9 Å². The van der Waals surface area contributed by atoms with Crippen molar-refractivity contribution in [2.45, 2.75) is 31.7 Å². The van der Waals surface area contributed by atoms with Gasteiger partial charge in [0.2, 0.25) is 0 Å². The Hall–Kier alpha value is -2.17. The van der Waals surface area contributed by atoms with Gasteiger partial charge in [0.05, 0.1) is 17.9 Å². The molecule has 0 saturated heterocycles. The van der Waals surface area contributed by atoms with Crippen LogP contribution in [0.2, 0.25) is 0 Å². The van der Waals surface area contributed by atoms with Crippen LogP contribution >= 0.6 is 0 Å². The number of hydrogen-bond acceptors (Lipinski definition) is 3. The van der Waals surface area contributed by atoms with Gasteiger partial charge in [0.1, 0.15) is 12.0 Å². The lowest BCUT2D eigenvalue weighted by Crippen LogP contribution is -2.17. The van der Waals surface area contributed by atoms with Crippen LogP contribution in [0.5, 0.6) is 0 Å². The quantitative estimate of drug-likeness (QED) is 0.782. The second kappa shape index (κ2) is 4.98. The summed E-state index contributed by atoms with van der Waals surface area (Å²) in [5.74, 6) is 0.609. The molecule has 1 aliphatic carbocycles. The van der Waals surface area contributed by atoms with Gasteiger partial charge in [-0.2, -0.15) is 5.10 Å². The molecule has 0 spiro atoms. The number of aromatic nitrogens is 5. The first-order chi connectivity index (χ1) is 10.3. The number of aromatic amines is 1. The standard InChI is InChI=1S/C16H18N5/c1-11-2-4-13(5-3-11)21-9-12(8-20-21)15-14-6-7-17-16(14)19-10-18-15/h6-11,13H,1-5H2,(H,17,18,19). The highest BCUT2D eigenvalue weighted by molar-refractivity contribution is 5.89. The Labute approximate surface area is 123 Å². The molecule has 0 aromatic carbocycles. The van der Waals surface area contributed by atoms with E-state index in [1.54, 1.807) is 6.33 Å². The maximum absolute atomic E-state index is 4.56. The van der Waals surface area contributed by atoms with E-state index in [4.69, 9.17) is 0 Å². The molecule has 107 valence electrons. The molecule has 1 aliphatic rings. The minimum absolute atomic E-state index is 0.500. The van der Waals surface area contributed by atoms with Gasteiger partial charge >= 0.3 is 0 Å². The second-order valence-corrected chi connectivity index (χ2v) is 5.85. The third kappa shape index (κ3) is 2.22. The molecule has 0 unspecified atom stereocenters. The predicted molar refractivity (Wildman–Crippen MR) is 81.5 cm³/mol. The van der Waals surface area contributed by atoms with E-state index in [0.717, 1.165) is 22.3 Å². The molecule has 0 bridgehead atoms. The van der Waals surface area contributed by atoms with E-state index in [2.05, 4.69) is 37.9 Å². The van der Waals surface area contributed by atoms with Crippen LogP contribution in [0.25, 0.3) is 22.3 Å². The normalized spacial score (nSPS) is 22.7. The van der Waals surface area contributed by atoms with E-state index in [1.165, 1.54) is 25.7 Å². The van der Waals surface area contributed by atoms with Crippen LogP contribution in [0.3, 0.4) is 0 Å². The topological polar surface area (TPSA) is 59.4 Å². The Kier molecular flexibility index (Phi) is 2.98. The van der Waals surface area contributed by atoms with Crippen molar-refractivity contribution in [3.63, 3.8) is 0 Å². The fourth-order valence-corrected chi connectivity index (χ4v) is 3.17. The number of nitrogens with zero attached hydrogens (tertiary/aromatic N) is 4. The van der Waals surface area contributed by atoms with Crippen LogP contribution in [0.4, 0.5) is 0 Å². The molecule has 5 nitrogen and oxygen atoms in total. The summed E-state index contributed by atoms with van der Waals surface area (Å²) in [4.78, 5) is 11.8. The molecular weight excluding hydrogens is 262 g/mol. The van der Waals surface area contributed by atoms with Crippen LogP contribution in [-0.4, -0.2) is 24.7 Å². The summed E-state index contributed by atoms with van der Waals surface area (Å²) >= 11 is 0. The molecule has 0 aliphatic heterocycles. The smallest absolute Gasteiger partial charge is 0.141 e. The maximum Gasteiger partial charge on any atom is 0.141 e. The zero-order valence-electron chi connectivity index (χ0n) is 11.9. The molecular formula is C16H18N5. The summed E-state index contributed by atoms with van der Waals surface area (Å²) in [5.41, 5.74) is 2.86. The zero-order chi connectivity index (χ0) is 14.2. The molecule has 21 heavy (non-hydrogen) atoms. The van der Waals surface area contributed by atoms with E-state index in [1.807, 2.05) is 18.5 Å². The second-order valence-electron chi connectivity index (χ2n) is 5.85. The van der Waals surface area contributed by atoms with Gasteiger partial charge in [0, 0.05) is 23.3 Å². The van der Waals surface area contributed by atoms with E-state index >= 15 is 0 Å². The number of hydrogen-bond donors (Lipinski definition) is 1. The van der Waals surface area contributed by atoms with Crippen LogP contribution < -0.4 is 0 Å². The van der Waals surface area contributed by atoms with Gasteiger partial charge in [-0.25, -0.2) is 9.97 Å². The van der Waals surface area contributed by atoms with Crippen LogP contribution in [0.1, 0.15) is 31.7 Å². The van der Waals surface area contributed by atoms with Crippen LogP contribution in [0.15, 0.2) is 31.0 Å². The highest BCUT2D eigenvalue weighted by Gasteiger charge is 2.21. The SMILES string of the molecule is [CH2]C1CCC(n2cc(-c3ncnc4[nH]ccc34)cn2)CC1. The number of rotatable bonds is 2. The lowest BCUT2D eigenvalue weighted by Gasteiger charge is -2.26. The Morgan fingerprint density at radius 2 is 2.05 bits per heavy atom. The van der Waals surface area contributed by atoms with Crippen LogP contribution in [0, 0.1) is 12.8 Å². The predicted octanol–water partition coefficient (Wildman–Crippen LogP) is 3.39. The lowest BCUT2D eigenvalue weighted by molar-refractivity contribution is 0.289. The van der Waals surface area contributed by atoms with Gasteiger partial charge in [0.15, 0.2) is 0 Å². The molecule has 0 atom stereocenters. The van der Waals surface area contributed by atoms with Gasteiger partial charge in [-0.3, -0.25) is 4.68 Å². The Morgan fingerprint density at radius 1 is 1.19 bits per heavy atom. The highest BCUT2D eigenvalue weighted by Crippen LogP contribution is 2.32. The summed E-state index contributed by atoms with van der Waals surface area (Å²) in [6.07, 6.45) is 12.2. The van der Waals surface area contributed by atoms with Gasteiger partial charge in [-0.1, -0.05) is 6.92 Å². The van der Waals surface area contributed by atoms with Crippen molar-refractivity contribution in [3.8, 4) is 11.3 Å². The van der Waals surface area contributed by atoms with E-state index in [0.29, 0.717) is 12.0 Å². The van der Waals surface area contributed by atoms with Crippen LogP contribution in [-0.2, 0) is 0 Å². The fourth-order valence-electron chi connectivity index (χ4n) is 3.17. The van der Waals surface area contributed by atoms with Crippen molar-refractivity contribution in [1.29, 1.82) is 0 Å². The highest BCUT2D eigenvalue weighted by atomic mass is 15.3. The average molecular weight is 280 g/mol. The summed E-state index contributed by atoms with van der Waals surface area (Å²) in [6, 6.07) is 2.51. The Balaban J connectivity index is 1.66. The molecule has 1 saturated carbocycles. The number of H-pyrrole nitrogens is 1. The van der Waals surface area contributed by atoms with Gasteiger partial charge in [-0.05, 0) is 37.7 Å². The summed E-state index contributed by atoms with van der Waals surface area (Å²) in [7, 11) is 0. The van der Waals surface area contributed by atoms with Gasteiger partial charge in [-0.15, -0.1) is 0 Å². The van der Waals surface area contributed by atoms with Crippen molar-refractivity contribution in [1.82, 2.24) is 24.7 Å². The largest absolute Gasteiger partial charge is 0.346 e.